The third-order valence-corrected chi connectivity index (χ3v) is 3.30. The molecule has 0 heterocycles. The highest BCUT2D eigenvalue weighted by molar-refractivity contribution is 5.98. The monoisotopic (exact) mass is 336 g/mol. The predicted octanol–water partition coefficient (Wildman–Crippen LogP) is 1.42. The molecule has 0 fully saturated rings. The van der Waals surface area contributed by atoms with Crippen LogP contribution in [0.5, 0.6) is 5.75 Å². The molecule has 0 spiro atoms. The molecule has 24 heavy (non-hydrogen) atoms. The van der Waals surface area contributed by atoms with E-state index in [9.17, 15) is 19.5 Å². The van der Waals surface area contributed by atoms with Crippen molar-refractivity contribution in [1.29, 1.82) is 0 Å². The van der Waals surface area contributed by atoms with Crippen LogP contribution in [-0.4, -0.2) is 61.5 Å². The molecule has 1 aromatic carbocycles. The van der Waals surface area contributed by atoms with Crippen LogP contribution in [0.2, 0.25) is 0 Å². The van der Waals surface area contributed by atoms with Gasteiger partial charge in [0, 0.05) is 25.1 Å². The summed E-state index contributed by atoms with van der Waals surface area (Å²) in [7, 11) is 3.86. The maximum atomic E-state index is 11.6. The summed E-state index contributed by atoms with van der Waals surface area (Å²) >= 11 is 0. The van der Waals surface area contributed by atoms with E-state index in [-0.39, 0.29) is 29.6 Å². The molecule has 132 valence electrons. The fraction of sp³-hybridized carbons (Fsp3) is 0.471. The van der Waals surface area contributed by atoms with E-state index in [0.717, 1.165) is 6.54 Å². The van der Waals surface area contributed by atoms with Gasteiger partial charge in [0.25, 0.3) is 0 Å². The Labute approximate surface area is 141 Å². The fourth-order valence-electron chi connectivity index (χ4n) is 1.96. The van der Waals surface area contributed by atoms with Crippen LogP contribution in [-0.2, 0) is 4.79 Å². The van der Waals surface area contributed by atoms with Crippen molar-refractivity contribution in [2.45, 2.75) is 19.8 Å². The van der Waals surface area contributed by atoms with Crippen molar-refractivity contribution < 1.29 is 24.2 Å². The number of carboxylic acid groups (broad SMARTS) is 1. The molecule has 1 aromatic rings. The van der Waals surface area contributed by atoms with Gasteiger partial charge in [-0.3, -0.25) is 9.59 Å². The number of aromatic carboxylic acids is 1. The standard InChI is InChI=1S/C17H24N2O5/c1-12(20)13-6-7-15(14(11-13)17(22)23)24-10-4-5-16(21)18-8-9-19(2)3/h6-7,11H,4-5,8-10H2,1-3H3,(H,18,21)(H,22,23). The zero-order chi connectivity index (χ0) is 18.1. The second-order valence-electron chi connectivity index (χ2n) is 5.68. The van der Waals surface area contributed by atoms with Gasteiger partial charge in [0.05, 0.1) is 6.61 Å². The Hall–Kier alpha value is -2.41. The molecule has 0 radical (unpaired) electrons. The Morgan fingerprint density at radius 2 is 1.96 bits per heavy atom. The number of hydrogen-bond acceptors (Lipinski definition) is 5. The van der Waals surface area contributed by atoms with Gasteiger partial charge in [-0.2, -0.15) is 0 Å². The van der Waals surface area contributed by atoms with Crippen LogP contribution < -0.4 is 10.1 Å². The van der Waals surface area contributed by atoms with Gasteiger partial charge < -0.3 is 20.1 Å². The number of amides is 1. The Morgan fingerprint density at radius 1 is 1.25 bits per heavy atom. The second kappa shape index (κ2) is 9.67. The highest BCUT2D eigenvalue weighted by Gasteiger charge is 2.14. The molecule has 0 aromatic heterocycles. The van der Waals surface area contributed by atoms with Crippen molar-refractivity contribution in [2.24, 2.45) is 0 Å². The number of carbonyl (C=O) groups excluding carboxylic acids is 2. The number of hydrogen-bond donors (Lipinski definition) is 2. The molecule has 1 rings (SSSR count). The number of likely N-dealkylation sites (N-methyl/N-ethyl adjacent to an activating group) is 1. The molecule has 0 atom stereocenters. The minimum Gasteiger partial charge on any atom is -0.493 e. The molecule has 0 bridgehead atoms. The molecule has 7 heteroatoms. The average molecular weight is 336 g/mol. The first-order valence-corrected chi connectivity index (χ1v) is 7.73. The first-order valence-electron chi connectivity index (χ1n) is 7.73. The zero-order valence-corrected chi connectivity index (χ0v) is 14.3. The third kappa shape index (κ3) is 6.78. The minimum absolute atomic E-state index is 0.0573. The van der Waals surface area contributed by atoms with Crippen molar-refractivity contribution in [1.82, 2.24) is 10.2 Å². The van der Waals surface area contributed by atoms with Crippen molar-refractivity contribution in [3.63, 3.8) is 0 Å². The number of rotatable bonds is 10. The van der Waals surface area contributed by atoms with Crippen LogP contribution in [0.25, 0.3) is 0 Å². The summed E-state index contributed by atoms with van der Waals surface area (Å²) in [4.78, 5) is 36.2. The fourth-order valence-corrected chi connectivity index (χ4v) is 1.96. The molecule has 0 saturated carbocycles. The summed E-state index contributed by atoms with van der Waals surface area (Å²) in [5, 5.41) is 12.0. The first kappa shape index (κ1) is 19.6. The number of ketones is 1. The van der Waals surface area contributed by atoms with E-state index in [1.807, 2.05) is 19.0 Å². The molecule has 0 saturated heterocycles. The van der Waals surface area contributed by atoms with Gasteiger partial charge in [-0.1, -0.05) is 0 Å². The number of carbonyl (C=O) groups is 3. The summed E-state index contributed by atoms with van der Waals surface area (Å²) in [6, 6.07) is 4.30. The summed E-state index contributed by atoms with van der Waals surface area (Å²) in [5.41, 5.74) is 0.262. The number of ether oxygens (including phenoxy) is 1. The van der Waals surface area contributed by atoms with E-state index in [2.05, 4.69) is 5.32 Å². The molecule has 7 nitrogen and oxygen atoms in total. The van der Waals surface area contributed by atoms with Crippen LogP contribution in [0.1, 0.15) is 40.5 Å². The number of nitrogens with one attached hydrogen (secondary N) is 1. The maximum Gasteiger partial charge on any atom is 0.339 e. The van der Waals surface area contributed by atoms with Gasteiger partial charge in [-0.05, 0) is 45.6 Å². The molecule has 0 aliphatic carbocycles. The van der Waals surface area contributed by atoms with Gasteiger partial charge in [-0.15, -0.1) is 0 Å². The molecule has 0 aliphatic rings. The number of nitrogens with zero attached hydrogens (tertiary/aromatic N) is 1. The topological polar surface area (TPSA) is 95.9 Å². The van der Waals surface area contributed by atoms with Crippen molar-refractivity contribution in [2.75, 3.05) is 33.8 Å². The van der Waals surface area contributed by atoms with Crippen LogP contribution in [0.3, 0.4) is 0 Å². The Balaban J connectivity index is 2.46. The van der Waals surface area contributed by atoms with E-state index in [1.54, 1.807) is 0 Å². The van der Waals surface area contributed by atoms with Gasteiger partial charge in [-0.25, -0.2) is 4.79 Å². The third-order valence-electron chi connectivity index (χ3n) is 3.30. The van der Waals surface area contributed by atoms with Crippen LogP contribution in [0, 0.1) is 0 Å². The van der Waals surface area contributed by atoms with E-state index < -0.39 is 5.97 Å². The summed E-state index contributed by atoms with van der Waals surface area (Å²) in [5.74, 6) is -1.24. The average Bonchev–Trinajstić information content (AvgIpc) is 2.50. The molecule has 2 N–H and O–H groups in total. The summed E-state index contributed by atoms with van der Waals surface area (Å²) in [6.07, 6.45) is 0.780. The lowest BCUT2D eigenvalue weighted by Crippen LogP contribution is -2.31. The second-order valence-corrected chi connectivity index (χ2v) is 5.68. The van der Waals surface area contributed by atoms with Gasteiger partial charge in [0.15, 0.2) is 5.78 Å². The lowest BCUT2D eigenvalue weighted by Gasteiger charge is -2.11. The van der Waals surface area contributed by atoms with E-state index in [0.29, 0.717) is 24.9 Å². The lowest BCUT2D eigenvalue weighted by molar-refractivity contribution is -0.121. The molecule has 1 amide bonds. The number of carboxylic acids is 1. The highest BCUT2D eigenvalue weighted by Crippen LogP contribution is 2.21. The Morgan fingerprint density at radius 3 is 2.54 bits per heavy atom. The lowest BCUT2D eigenvalue weighted by atomic mass is 10.1. The predicted molar refractivity (Wildman–Crippen MR) is 89.7 cm³/mol. The molecular formula is C17H24N2O5. The quantitative estimate of drug-likeness (QED) is 0.496. The van der Waals surface area contributed by atoms with Crippen LogP contribution >= 0.6 is 0 Å². The van der Waals surface area contributed by atoms with Crippen molar-refractivity contribution in [3.05, 3.63) is 29.3 Å². The van der Waals surface area contributed by atoms with Crippen molar-refractivity contribution in [3.8, 4) is 5.75 Å². The van der Waals surface area contributed by atoms with E-state index in [1.165, 1.54) is 25.1 Å². The minimum atomic E-state index is -1.16. The summed E-state index contributed by atoms with van der Waals surface area (Å²) in [6.45, 7) is 2.95. The molecule has 0 unspecified atom stereocenters. The van der Waals surface area contributed by atoms with E-state index in [4.69, 9.17) is 4.74 Å². The highest BCUT2D eigenvalue weighted by atomic mass is 16.5. The zero-order valence-electron chi connectivity index (χ0n) is 14.3. The largest absolute Gasteiger partial charge is 0.493 e. The summed E-state index contributed by atoms with van der Waals surface area (Å²) < 4.78 is 5.45. The van der Waals surface area contributed by atoms with Gasteiger partial charge >= 0.3 is 5.97 Å². The maximum absolute atomic E-state index is 11.6. The van der Waals surface area contributed by atoms with Crippen molar-refractivity contribution >= 4 is 17.7 Å². The van der Waals surface area contributed by atoms with Crippen LogP contribution in [0.4, 0.5) is 0 Å². The normalized spacial score (nSPS) is 10.5. The molecular weight excluding hydrogens is 312 g/mol. The Kier molecular flexibility index (Phi) is 7.91. The van der Waals surface area contributed by atoms with Crippen LogP contribution in [0.15, 0.2) is 18.2 Å². The SMILES string of the molecule is CC(=O)c1ccc(OCCCC(=O)NCCN(C)C)c(C(=O)O)c1. The van der Waals surface area contributed by atoms with E-state index >= 15 is 0 Å². The van der Waals surface area contributed by atoms with Gasteiger partial charge in [0.1, 0.15) is 11.3 Å². The first-order chi connectivity index (χ1) is 11.3. The number of benzene rings is 1. The number of Topliss-reactive ketones (excluding diaryl/α,β-unsaturated/α-hetero) is 1. The smallest absolute Gasteiger partial charge is 0.339 e. The van der Waals surface area contributed by atoms with Gasteiger partial charge in [0.2, 0.25) is 5.91 Å². The Bertz CT molecular complexity index is 599. The molecule has 0 aliphatic heterocycles.